The highest BCUT2D eigenvalue weighted by molar-refractivity contribution is 6.70. The Hall–Kier alpha value is -1.64. The molecule has 0 aliphatic rings. The van der Waals surface area contributed by atoms with Crippen LogP contribution >= 0.6 is 0 Å². The first-order chi connectivity index (χ1) is 8.35. The molecule has 0 heterocycles. The van der Waals surface area contributed by atoms with Crippen molar-refractivity contribution in [2.45, 2.75) is 25.2 Å². The predicted molar refractivity (Wildman–Crippen MR) is 70.2 cm³/mol. The summed E-state index contributed by atoms with van der Waals surface area (Å²) in [5.41, 5.74) is -1.16. The third-order valence-electron chi connectivity index (χ3n) is 2.27. The minimum absolute atomic E-state index is 0.502. The quantitative estimate of drug-likeness (QED) is 0.618. The number of esters is 1. The molecule has 1 rings (SSSR count). The van der Waals surface area contributed by atoms with Crippen LogP contribution in [0.2, 0.25) is 19.6 Å². The first-order valence-electron chi connectivity index (χ1n) is 5.61. The van der Waals surface area contributed by atoms with E-state index in [1.165, 1.54) is 7.11 Å². The van der Waals surface area contributed by atoms with Crippen molar-refractivity contribution >= 4 is 14.3 Å². The van der Waals surface area contributed by atoms with Crippen molar-refractivity contribution in [3.05, 3.63) is 35.9 Å². The third-order valence-corrected chi connectivity index (χ3v) is 3.19. The number of hydrogen-bond donors (Lipinski definition) is 0. The van der Waals surface area contributed by atoms with Gasteiger partial charge in [0.1, 0.15) is 6.07 Å². The molecule has 0 aromatic heterocycles. The topological polar surface area (TPSA) is 59.3 Å². The van der Waals surface area contributed by atoms with E-state index >= 15 is 0 Å². The van der Waals surface area contributed by atoms with E-state index in [1.807, 2.05) is 31.8 Å². The third kappa shape index (κ3) is 2.97. The van der Waals surface area contributed by atoms with Gasteiger partial charge in [-0.25, -0.2) is 4.79 Å². The van der Waals surface area contributed by atoms with Crippen molar-refractivity contribution in [3.63, 3.8) is 0 Å². The molecule has 96 valence electrons. The maximum atomic E-state index is 12.0. The van der Waals surface area contributed by atoms with Crippen LogP contribution in [0.5, 0.6) is 0 Å². The lowest BCUT2D eigenvalue weighted by atomic mass is 9.96. The molecule has 0 fully saturated rings. The van der Waals surface area contributed by atoms with E-state index in [2.05, 4.69) is 0 Å². The number of benzene rings is 1. The molecule has 0 aliphatic carbocycles. The molecule has 0 spiro atoms. The molecule has 1 aromatic carbocycles. The lowest BCUT2D eigenvalue weighted by Crippen LogP contribution is -2.46. The second-order valence-corrected chi connectivity index (χ2v) is 9.29. The van der Waals surface area contributed by atoms with Gasteiger partial charge in [-0.1, -0.05) is 30.3 Å². The summed E-state index contributed by atoms with van der Waals surface area (Å²) in [7, 11) is -0.844. The largest absolute Gasteiger partial charge is 0.466 e. The smallest absolute Gasteiger partial charge is 0.357 e. The Bertz CT molecular complexity index is 461. The molecule has 1 aromatic rings. The highest BCUT2D eigenvalue weighted by Crippen LogP contribution is 2.30. The highest BCUT2D eigenvalue weighted by atomic mass is 28.4. The van der Waals surface area contributed by atoms with Gasteiger partial charge in [0.15, 0.2) is 8.32 Å². The van der Waals surface area contributed by atoms with Crippen molar-refractivity contribution in [2.75, 3.05) is 7.11 Å². The molecule has 4 nitrogen and oxygen atoms in total. The van der Waals surface area contributed by atoms with Crippen molar-refractivity contribution in [1.29, 1.82) is 5.26 Å². The molecule has 0 saturated heterocycles. The summed E-state index contributed by atoms with van der Waals surface area (Å²) in [4.78, 5) is 12.0. The number of hydrogen-bond acceptors (Lipinski definition) is 4. The zero-order valence-electron chi connectivity index (χ0n) is 11.1. The number of nitriles is 1. The zero-order chi connectivity index (χ0) is 13.8. The van der Waals surface area contributed by atoms with Crippen LogP contribution in [0, 0.1) is 11.3 Å². The average Bonchev–Trinajstić information content (AvgIpc) is 2.35. The molecule has 0 amide bonds. The van der Waals surface area contributed by atoms with Gasteiger partial charge in [0.05, 0.1) is 7.11 Å². The standard InChI is InChI=1S/C13H17NO3Si/c1-16-12(15)13(10-14,17-18(2,3)4)11-8-6-5-7-9-11/h5-9H,1-4H3/t13-/m0/s1. The Kier molecular flexibility index (Phi) is 4.27. The minimum Gasteiger partial charge on any atom is -0.466 e. The molecule has 0 saturated carbocycles. The summed E-state index contributed by atoms with van der Waals surface area (Å²) in [6.45, 7) is 5.76. The van der Waals surface area contributed by atoms with Gasteiger partial charge in [-0.3, -0.25) is 0 Å². The summed E-state index contributed by atoms with van der Waals surface area (Å²) in [5.74, 6) is -0.682. The van der Waals surface area contributed by atoms with Gasteiger partial charge in [-0.2, -0.15) is 5.26 Å². The van der Waals surface area contributed by atoms with E-state index in [0.717, 1.165) is 0 Å². The van der Waals surface area contributed by atoms with E-state index < -0.39 is 19.9 Å². The van der Waals surface area contributed by atoms with Gasteiger partial charge in [0, 0.05) is 5.56 Å². The van der Waals surface area contributed by atoms with Crippen LogP contribution in [-0.4, -0.2) is 21.4 Å². The predicted octanol–water partition coefficient (Wildman–Crippen LogP) is 2.43. The number of ether oxygens (including phenoxy) is 1. The molecule has 1 atom stereocenters. The van der Waals surface area contributed by atoms with Gasteiger partial charge in [0.25, 0.3) is 5.60 Å². The van der Waals surface area contributed by atoms with Gasteiger partial charge < -0.3 is 9.16 Å². The molecule has 5 heteroatoms. The van der Waals surface area contributed by atoms with Crippen molar-refractivity contribution in [1.82, 2.24) is 0 Å². The summed E-state index contributed by atoms with van der Waals surface area (Å²) in [6.07, 6.45) is 0. The molecule has 0 unspecified atom stereocenters. The first-order valence-corrected chi connectivity index (χ1v) is 9.02. The highest BCUT2D eigenvalue weighted by Gasteiger charge is 2.46. The van der Waals surface area contributed by atoms with Gasteiger partial charge in [-0.05, 0) is 19.6 Å². The fourth-order valence-corrected chi connectivity index (χ4v) is 2.79. The van der Waals surface area contributed by atoms with Crippen molar-refractivity contribution in [2.24, 2.45) is 0 Å². The number of nitrogens with zero attached hydrogens (tertiary/aromatic N) is 1. The lowest BCUT2D eigenvalue weighted by Gasteiger charge is -2.31. The van der Waals surface area contributed by atoms with Crippen LogP contribution in [0.15, 0.2) is 30.3 Å². The summed E-state index contributed by atoms with van der Waals surface area (Å²) in [6, 6.07) is 10.7. The van der Waals surface area contributed by atoms with Crippen LogP contribution in [-0.2, 0) is 19.6 Å². The Labute approximate surface area is 108 Å². The van der Waals surface area contributed by atoms with Crippen LogP contribution in [0.1, 0.15) is 5.56 Å². The van der Waals surface area contributed by atoms with E-state index in [9.17, 15) is 10.1 Å². The fraction of sp³-hybridized carbons (Fsp3) is 0.385. The number of carbonyl (C=O) groups is 1. The SMILES string of the molecule is COC(=O)[C@@](C#N)(O[Si](C)(C)C)c1ccccc1. The molecular weight excluding hydrogens is 246 g/mol. The lowest BCUT2D eigenvalue weighted by molar-refractivity contribution is -0.155. The Morgan fingerprint density at radius 2 is 1.83 bits per heavy atom. The van der Waals surface area contributed by atoms with Gasteiger partial charge >= 0.3 is 5.97 Å². The van der Waals surface area contributed by atoms with Crippen LogP contribution in [0.25, 0.3) is 0 Å². The second-order valence-electron chi connectivity index (χ2n) is 4.87. The molecule has 18 heavy (non-hydrogen) atoms. The normalized spacial score (nSPS) is 14.4. The van der Waals surface area contributed by atoms with Crippen LogP contribution < -0.4 is 0 Å². The van der Waals surface area contributed by atoms with Crippen LogP contribution in [0.4, 0.5) is 0 Å². The van der Waals surface area contributed by atoms with E-state index in [4.69, 9.17) is 9.16 Å². The molecule has 0 N–H and O–H groups in total. The summed E-state index contributed by atoms with van der Waals surface area (Å²) < 4.78 is 10.6. The molecule has 0 radical (unpaired) electrons. The number of rotatable bonds is 4. The minimum atomic E-state index is -2.10. The van der Waals surface area contributed by atoms with Crippen molar-refractivity contribution in [3.8, 4) is 6.07 Å². The maximum absolute atomic E-state index is 12.0. The average molecular weight is 263 g/mol. The Balaban J connectivity index is 3.34. The summed E-state index contributed by atoms with van der Waals surface area (Å²) >= 11 is 0. The van der Waals surface area contributed by atoms with E-state index in [-0.39, 0.29) is 0 Å². The van der Waals surface area contributed by atoms with E-state index in [1.54, 1.807) is 24.3 Å². The Morgan fingerprint density at radius 1 is 1.28 bits per heavy atom. The Morgan fingerprint density at radius 3 is 2.22 bits per heavy atom. The monoisotopic (exact) mass is 263 g/mol. The number of methoxy groups -OCH3 is 1. The summed E-state index contributed by atoms with van der Waals surface area (Å²) in [5, 5.41) is 9.44. The van der Waals surface area contributed by atoms with Crippen LogP contribution in [0.3, 0.4) is 0 Å². The van der Waals surface area contributed by atoms with Gasteiger partial charge in [-0.15, -0.1) is 0 Å². The van der Waals surface area contributed by atoms with E-state index in [0.29, 0.717) is 5.56 Å². The first kappa shape index (κ1) is 14.4. The molecule has 0 bridgehead atoms. The fourth-order valence-electron chi connectivity index (χ4n) is 1.63. The number of carbonyl (C=O) groups excluding carboxylic acids is 1. The van der Waals surface area contributed by atoms with Gasteiger partial charge in [0.2, 0.25) is 0 Å². The zero-order valence-corrected chi connectivity index (χ0v) is 12.1. The van der Waals surface area contributed by atoms with Crippen molar-refractivity contribution < 1.29 is 14.0 Å². The second kappa shape index (κ2) is 5.34. The molecule has 0 aliphatic heterocycles. The maximum Gasteiger partial charge on any atom is 0.357 e. The molecular formula is C13H17NO3Si.